The molecule has 5 N–H and O–H groups in total. The van der Waals surface area contributed by atoms with Crippen molar-refractivity contribution in [2.24, 2.45) is 29.4 Å². The highest BCUT2D eigenvalue weighted by Crippen LogP contribution is 2.46. The molecule has 0 saturated heterocycles. The molecule has 0 spiro atoms. The van der Waals surface area contributed by atoms with E-state index in [-0.39, 0.29) is 11.8 Å². The number of anilines is 1. The third-order valence-electron chi connectivity index (χ3n) is 6.66. The highest BCUT2D eigenvalue weighted by molar-refractivity contribution is 5.99. The molecule has 0 aliphatic heterocycles. The number of nitrogens with zero attached hydrogens (tertiary/aromatic N) is 1. The van der Waals surface area contributed by atoms with Crippen LogP contribution in [0.4, 0.5) is 5.82 Å². The molecule has 0 bridgehead atoms. The van der Waals surface area contributed by atoms with Gasteiger partial charge in [0, 0.05) is 12.2 Å². The SMILES string of the molecule is Cc1cc(N)nc(C)c1CNC(=O)[C@H](C(N)=O)C1CCCC2CCCCC21. The summed E-state index contributed by atoms with van der Waals surface area (Å²) in [5, 5.41) is 2.95. The number of aromatic nitrogens is 1. The first-order valence-electron chi connectivity index (χ1n) is 10.2. The Balaban J connectivity index is 1.73. The number of carbonyl (C=O) groups excluding carboxylic acids is 2. The number of nitrogens with one attached hydrogen (secondary N) is 1. The van der Waals surface area contributed by atoms with Crippen molar-refractivity contribution < 1.29 is 9.59 Å². The molecule has 148 valence electrons. The number of nitrogen functional groups attached to an aromatic ring is 1. The number of pyridine rings is 1. The summed E-state index contributed by atoms with van der Waals surface area (Å²) in [6.45, 7) is 4.17. The first-order valence-corrected chi connectivity index (χ1v) is 10.2. The summed E-state index contributed by atoms with van der Waals surface area (Å²) < 4.78 is 0. The summed E-state index contributed by atoms with van der Waals surface area (Å²) in [7, 11) is 0. The van der Waals surface area contributed by atoms with Gasteiger partial charge in [0.2, 0.25) is 11.8 Å². The van der Waals surface area contributed by atoms with Crippen LogP contribution in [0.1, 0.15) is 61.8 Å². The van der Waals surface area contributed by atoms with Gasteiger partial charge < -0.3 is 16.8 Å². The van der Waals surface area contributed by atoms with Gasteiger partial charge in [-0.1, -0.05) is 32.1 Å². The highest BCUT2D eigenvalue weighted by Gasteiger charge is 2.43. The van der Waals surface area contributed by atoms with E-state index in [1.54, 1.807) is 6.07 Å². The Labute approximate surface area is 161 Å². The van der Waals surface area contributed by atoms with Crippen LogP contribution < -0.4 is 16.8 Å². The maximum atomic E-state index is 13.0. The van der Waals surface area contributed by atoms with Crippen molar-refractivity contribution in [3.8, 4) is 0 Å². The second-order valence-electron chi connectivity index (χ2n) is 8.33. The van der Waals surface area contributed by atoms with E-state index in [9.17, 15) is 9.59 Å². The quantitative estimate of drug-likeness (QED) is 0.690. The average Bonchev–Trinajstić information content (AvgIpc) is 2.61. The van der Waals surface area contributed by atoms with E-state index in [1.807, 2.05) is 13.8 Å². The van der Waals surface area contributed by atoms with Crippen LogP contribution in [-0.2, 0) is 16.1 Å². The summed E-state index contributed by atoms with van der Waals surface area (Å²) in [6.07, 6.45) is 8.04. The van der Waals surface area contributed by atoms with E-state index in [2.05, 4.69) is 10.3 Å². The van der Waals surface area contributed by atoms with Gasteiger partial charge >= 0.3 is 0 Å². The number of aryl methyl sites for hydroxylation is 2. The number of primary amides is 1. The Bertz CT molecular complexity index is 693. The van der Waals surface area contributed by atoms with E-state index < -0.39 is 11.8 Å². The van der Waals surface area contributed by atoms with Gasteiger partial charge in [-0.3, -0.25) is 9.59 Å². The van der Waals surface area contributed by atoms with Crippen molar-refractivity contribution in [2.45, 2.75) is 65.3 Å². The van der Waals surface area contributed by atoms with Gasteiger partial charge in [0.25, 0.3) is 0 Å². The first-order chi connectivity index (χ1) is 12.9. The molecule has 6 heteroatoms. The van der Waals surface area contributed by atoms with Crippen molar-refractivity contribution in [3.05, 3.63) is 22.9 Å². The molecule has 2 saturated carbocycles. The molecule has 27 heavy (non-hydrogen) atoms. The zero-order valence-corrected chi connectivity index (χ0v) is 16.5. The lowest BCUT2D eigenvalue weighted by Crippen LogP contribution is -2.47. The van der Waals surface area contributed by atoms with Crippen LogP contribution >= 0.6 is 0 Å². The molecule has 3 unspecified atom stereocenters. The number of hydrogen-bond donors (Lipinski definition) is 3. The number of nitrogens with two attached hydrogens (primary N) is 2. The first kappa shape index (κ1) is 19.6. The van der Waals surface area contributed by atoms with Gasteiger partial charge in [-0.05, 0) is 61.6 Å². The standard InChI is InChI=1S/C21H32N4O2/c1-12-10-18(22)25-13(2)17(12)11-24-21(27)19(20(23)26)16-9-5-7-14-6-3-4-8-15(14)16/h10,14-16,19H,3-9,11H2,1-2H3,(H2,22,25)(H2,23,26)(H,24,27)/t14?,15?,16?,19-/m0/s1. The van der Waals surface area contributed by atoms with E-state index in [0.717, 1.165) is 36.1 Å². The molecule has 2 amide bonds. The topological polar surface area (TPSA) is 111 Å². The third kappa shape index (κ3) is 4.25. The summed E-state index contributed by atoms with van der Waals surface area (Å²) in [6, 6.07) is 1.80. The molecule has 2 fully saturated rings. The van der Waals surface area contributed by atoms with Gasteiger partial charge in [0.05, 0.1) is 0 Å². The molecule has 1 aromatic rings. The van der Waals surface area contributed by atoms with Gasteiger partial charge in [0.1, 0.15) is 11.7 Å². The smallest absolute Gasteiger partial charge is 0.233 e. The Hall–Kier alpha value is -2.11. The lowest BCUT2D eigenvalue weighted by Gasteiger charge is -2.43. The summed E-state index contributed by atoms with van der Waals surface area (Å²) in [4.78, 5) is 29.5. The van der Waals surface area contributed by atoms with Crippen molar-refractivity contribution in [2.75, 3.05) is 5.73 Å². The van der Waals surface area contributed by atoms with Crippen molar-refractivity contribution in [3.63, 3.8) is 0 Å². The maximum Gasteiger partial charge on any atom is 0.233 e. The van der Waals surface area contributed by atoms with Crippen molar-refractivity contribution in [1.29, 1.82) is 0 Å². The number of hydrogen-bond acceptors (Lipinski definition) is 4. The monoisotopic (exact) mass is 372 g/mol. The molecule has 2 aliphatic carbocycles. The molecule has 4 atom stereocenters. The van der Waals surface area contributed by atoms with Crippen molar-refractivity contribution >= 4 is 17.6 Å². The summed E-state index contributed by atoms with van der Waals surface area (Å²) in [5.41, 5.74) is 14.2. The normalized spacial score (nSPS) is 26.1. The Kier molecular flexibility index (Phi) is 6.02. The lowest BCUT2D eigenvalue weighted by molar-refractivity contribution is -0.138. The minimum atomic E-state index is -0.738. The molecule has 1 aromatic heterocycles. The van der Waals surface area contributed by atoms with Gasteiger partial charge in [-0.25, -0.2) is 4.98 Å². The van der Waals surface area contributed by atoms with Crippen LogP contribution in [0.3, 0.4) is 0 Å². The predicted octanol–water partition coefficient (Wildman–Crippen LogP) is 2.60. The predicted molar refractivity (Wildman–Crippen MR) is 105 cm³/mol. The molecule has 1 heterocycles. The van der Waals surface area contributed by atoms with E-state index in [4.69, 9.17) is 11.5 Å². The number of rotatable bonds is 5. The fourth-order valence-electron chi connectivity index (χ4n) is 5.38. The average molecular weight is 373 g/mol. The Morgan fingerprint density at radius 1 is 1.19 bits per heavy atom. The lowest BCUT2D eigenvalue weighted by atomic mass is 9.62. The van der Waals surface area contributed by atoms with Crippen molar-refractivity contribution in [1.82, 2.24) is 10.3 Å². The number of amides is 2. The number of fused-ring (bicyclic) bond motifs is 1. The highest BCUT2D eigenvalue weighted by atomic mass is 16.2. The molecule has 3 rings (SSSR count). The van der Waals surface area contributed by atoms with Crippen LogP contribution in [0.2, 0.25) is 0 Å². The molecular formula is C21H32N4O2. The van der Waals surface area contributed by atoms with E-state index in [1.165, 1.54) is 25.7 Å². The Morgan fingerprint density at radius 3 is 2.59 bits per heavy atom. The molecule has 0 radical (unpaired) electrons. The molecule has 6 nitrogen and oxygen atoms in total. The summed E-state index contributed by atoms with van der Waals surface area (Å²) in [5.74, 6) is 0.185. The van der Waals surface area contributed by atoms with E-state index >= 15 is 0 Å². The Morgan fingerprint density at radius 2 is 1.89 bits per heavy atom. The van der Waals surface area contributed by atoms with Crippen LogP contribution in [-0.4, -0.2) is 16.8 Å². The van der Waals surface area contributed by atoms with Gasteiger partial charge in [-0.15, -0.1) is 0 Å². The largest absolute Gasteiger partial charge is 0.384 e. The van der Waals surface area contributed by atoms with Crippen LogP contribution in [0.5, 0.6) is 0 Å². The fourth-order valence-corrected chi connectivity index (χ4v) is 5.38. The second kappa shape index (κ2) is 8.28. The zero-order valence-electron chi connectivity index (χ0n) is 16.5. The van der Waals surface area contributed by atoms with Crippen LogP contribution in [0.25, 0.3) is 0 Å². The minimum Gasteiger partial charge on any atom is -0.384 e. The van der Waals surface area contributed by atoms with E-state index in [0.29, 0.717) is 24.2 Å². The zero-order chi connectivity index (χ0) is 19.6. The van der Waals surface area contributed by atoms with Gasteiger partial charge in [-0.2, -0.15) is 0 Å². The molecular weight excluding hydrogens is 340 g/mol. The molecule has 0 aromatic carbocycles. The fraction of sp³-hybridized carbons (Fsp3) is 0.667. The van der Waals surface area contributed by atoms with Crippen LogP contribution in [0.15, 0.2) is 6.07 Å². The number of carbonyl (C=O) groups is 2. The second-order valence-corrected chi connectivity index (χ2v) is 8.33. The molecule has 2 aliphatic rings. The maximum absolute atomic E-state index is 13.0. The van der Waals surface area contributed by atoms with Gasteiger partial charge in [0.15, 0.2) is 0 Å². The van der Waals surface area contributed by atoms with Crippen LogP contribution in [0, 0.1) is 37.5 Å². The third-order valence-corrected chi connectivity index (χ3v) is 6.66. The minimum absolute atomic E-state index is 0.0771. The summed E-state index contributed by atoms with van der Waals surface area (Å²) >= 11 is 0.